The molecule has 0 spiro atoms. The summed E-state index contributed by atoms with van der Waals surface area (Å²) in [5.41, 5.74) is 3.19. The SMILES string of the molecule is CC(C)(C)[C@H](NC(=O)C(CC1CCCC1)CN(O)C=O)C(=O)N1CCN(Cc2ccccc2-c2ccccc2)CC1. The second-order valence-corrected chi connectivity index (χ2v) is 12.7. The quantitative estimate of drug-likeness (QED) is 0.238. The van der Waals surface area contributed by atoms with E-state index in [-0.39, 0.29) is 18.4 Å². The van der Waals surface area contributed by atoms with Gasteiger partial charge >= 0.3 is 0 Å². The van der Waals surface area contributed by atoms with Crippen molar-refractivity contribution < 1.29 is 19.6 Å². The van der Waals surface area contributed by atoms with Crippen molar-refractivity contribution in [2.24, 2.45) is 17.3 Å². The number of piperazine rings is 1. The molecular formula is C33H46N4O4. The van der Waals surface area contributed by atoms with E-state index in [1.807, 2.05) is 31.7 Å². The Morgan fingerprint density at radius 1 is 1.00 bits per heavy atom. The standard InChI is InChI=1S/C33H46N4O4/c1-33(2,3)30(34-31(39)28(23-37(41)24-38)21-25-11-7-8-12-25)32(40)36-19-17-35(18-20-36)22-27-15-9-10-16-29(27)26-13-5-4-6-14-26/h4-6,9-10,13-16,24-25,28,30,41H,7-8,11-12,17-23H2,1-3H3,(H,34,39)/t28?,30-/m1/s1. The lowest BCUT2D eigenvalue weighted by Crippen LogP contribution is -2.59. The predicted molar refractivity (Wildman–Crippen MR) is 160 cm³/mol. The van der Waals surface area contributed by atoms with E-state index in [9.17, 15) is 19.6 Å². The molecule has 1 saturated heterocycles. The van der Waals surface area contributed by atoms with Crippen molar-refractivity contribution in [2.75, 3.05) is 32.7 Å². The van der Waals surface area contributed by atoms with Gasteiger partial charge in [0.1, 0.15) is 6.04 Å². The maximum Gasteiger partial charge on any atom is 0.245 e. The number of carbonyl (C=O) groups is 3. The van der Waals surface area contributed by atoms with Gasteiger partial charge in [0.15, 0.2) is 0 Å². The second-order valence-electron chi connectivity index (χ2n) is 12.7. The Kier molecular flexibility index (Phi) is 10.6. The fourth-order valence-corrected chi connectivity index (χ4v) is 6.20. The van der Waals surface area contributed by atoms with E-state index in [0.717, 1.165) is 45.3 Å². The molecule has 222 valence electrons. The van der Waals surface area contributed by atoms with Gasteiger partial charge in [0.2, 0.25) is 18.2 Å². The molecule has 8 nitrogen and oxygen atoms in total. The molecule has 1 heterocycles. The average molecular weight is 563 g/mol. The molecule has 1 aliphatic heterocycles. The van der Waals surface area contributed by atoms with E-state index in [0.29, 0.717) is 36.9 Å². The maximum absolute atomic E-state index is 13.8. The largest absolute Gasteiger partial charge is 0.344 e. The van der Waals surface area contributed by atoms with Crippen molar-refractivity contribution in [3.8, 4) is 11.1 Å². The third-order valence-electron chi connectivity index (χ3n) is 8.57. The highest BCUT2D eigenvalue weighted by Gasteiger charge is 2.38. The molecule has 2 fully saturated rings. The van der Waals surface area contributed by atoms with Crippen LogP contribution in [0.25, 0.3) is 11.1 Å². The zero-order valence-corrected chi connectivity index (χ0v) is 24.8. The highest BCUT2D eigenvalue weighted by atomic mass is 16.5. The van der Waals surface area contributed by atoms with Gasteiger partial charge < -0.3 is 10.2 Å². The van der Waals surface area contributed by atoms with Gasteiger partial charge in [0.25, 0.3) is 0 Å². The zero-order chi connectivity index (χ0) is 29.4. The number of hydroxylamine groups is 2. The highest BCUT2D eigenvalue weighted by molar-refractivity contribution is 5.89. The summed E-state index contributed by atoms with van der Waals surface area (Å²) in [5.74, 6) is -0.518. The van der Waals surface area contributed by atoms with E-state index < -0.39 is 17.4 Å². The normalized spacial score (nSPS) is 18.1. The summed E-state index contributed by atoms with van der Waals surface area (Å²) >= 11 is 0. The number of nitrogens with zero attached hydrogens (tertiary/aromatic N) is 3. The van der Waals surface area contributed by atoms with Gasteiger partial charge in [-0.25, -0.2) is 5.06 Å². The first kappa shape index (κ1) is 30.7. The summed E-state index contributed by atoms with van der Waals surface area (Å²) in [4.78, 5) is 42.6. The van der Waals surface area contributed by atoms with Gasteiger partial charge in [-0.05, 0) is 34.4 Å². The van der Waals surface area contributed by atoms with E-state index in [1.54, 1.807) is 0 Å². The minimum atomic E-state index is -0.699. The van der Waals surface area contributed by atoms with E-state index >= 15 is 0 Å². The molecule has 8 heteroatoms. The number of benzene rings is 2. The smallest absolute Gasteiger partial charge is 0.245 e. The molecule has 2 N–H and O–H groups in total. The maximum atomic E-state index is 13.8. The number of carbonyl (C=O) groups excluding carboxylic acids is 3. The fourth-order valence-electron chi connectivity index (χ4n) is 6.20. The minimum absolute atomic E-state index is 0.0694. The average Bonchev–Trinajstić information content (AvgIpc) is 3.49. The van der Waals surface area contributed by atoms with E-state index in [2.05, 4.69) is 58.7 Å². The summed E-state index contributed by atoms with van der Waals surface area (Å²) in [5, 5.41) is 13.5. The summed E-state index contributed by atoms with van der Waals surface area (Å²) in [7, 11) is 0. The second kappa shape index (κ2) is 14.1. The molecule has 2 aromatic carbocycles. The first-order chi connectivity index (χ1) is 19.7. The predicted octanol–water partition coefficient (Wildman–Crippen LogP) is 4.57. The molecule has 1 saturated carbocycles. The van der Waals surface area contributed by atoms with Gasteiger partial charge in [-0.3, -0.25) is 24.5 Å². The van der Waals surface area contributed by atoms with Gasteiger partial charge in [-0.1, -0.05) is 101 Å². The van der Waals surface area contributed by atoms with Crippen LogP contribution in [-0.2, 0) is 20.9 Å². The van der Waals surface area contributed by atoms with Crippen LogP contribution in [0.4, 0.5) is 0 Å². The van der Waals surface area contributed by atoms with Crippen LogP contribution in [0, 0.1) is 17.3 Å². The Balaban J connectivity index is 1.39. The number of hydrogen-bond donors (Lipinski definition) is 2. The Labute approximate surface area is 244 Å². The van der Waals surface area contributed by atoms with Crippen molar-refractivity contribution in [3.05, 3.63) is 60.2 Å². The zero-order valence-electron chi connectivity index (χ0n) is 24.8. The van der Waals surface area contributed by atoms with Crippen LogP contribution in [0.15, 0.2) is 54.6 Å². The van der Waals surface area contributed by atoms with Crippen LogP contribution in [0.2, 0.25) is 0 Å². The molecular weight excluding hydrogens is 516 g/mol. The van der Waals surface area contributed by atoms with Crippen LogP contribution in [0.3, 0.4) is 0 Å². The first-order valence-corrected chi connectivity index (χ1v) is 15.0. The van der Waals surface area contributed by atoms with Crippen molar-refractivity contribution in [3.63, 3.8) is 0 Å². The molecule has 2 aromatic rings. The molecule has 1 unspecified atom stereocenters. The number of rotatable bonds is 11. The topological polar surface area (TPSA) is 93.2 Å². The van der Waals surface area contributed by atoms with Crippen molar-refractivity contribution in [2.45, 2.75) is 65.5 Å². The van der Waals surface area contributed by atoms with Gasteiger partial charge in [-0.15, -0.1) is 0 Å². The fraction of sp³-hybridized carbons (Fsp3) is 0.545. The summed E-state index contributed by atoms with van der Waals surface area (Å²) in [6.07, 6.45) is 5.32. The molecule has 0 radical (unpaired) electrons. The minimum Gasteiger partial charge on any atom is -0.344 e. The Hall–Kier alpha value is -3.23. The molecule has 2 aliphatic rings. The third kappa shape index (κ3) is 8.39. The molecule has 3 amide bonds. The monoisotopic (exact) mass is 562 g/mol. The lowest BCUT2D eigenvalue weighted by molar-refractivity contribution is -0.156. The van der Waals surface area contributed by atoms with E-state index in [4.69, 9.17) is 0 Å². The van der Waals surface area contributed by atoms with Crippen LogP contribution >= 0.6 is 0 Å². The Bertz CT molecular complexity index is 1150. The van der Waals surface area contributed by atoms with Crippen LogP contribution in [0.1, 0.15) is 58.4 Å². The summed E-state index contributed by atoms with van der Waals surface area (Å²) in [6.45, 7) is 9.31. The summed E-state index contributed by atoms with van der Waals surface area (Å²) < 4.78 is 0. The molecule has 0 aromatic heterocycles. The van der Waals surface area contributed by atoms with Gasteiger partial charge in [-0.2, -0.15) is 0 Å². The van der Waals surface area contributed by atoms with Crippen molar-refractivity contribution in [1.29, 1.82) is 0 Å². The molecule has 2 atom stereocenters. The first-order valence-electron chi connectivity index (χ1n) is 15.0. The Morgan fingerprint density at radius 2 is 1.63 bits per heavy atom. The number of amides is 3. The molecule has 41 heavy (non-hydrogen) atoms. The highest BCUT2D eigenvalue weighted by Crippen LogP contribution is 2.31. The van der Waals surface area contributed by atoms with Crippen LogP contribution in [0.5, 0.6) is 0 Å². The van der Waals surface area contributed by atoms with Crippen LogP contribution in [-0.4, -0.2) is 77.1 Å². The van der Waals surface area contributed by atoms with Crippen LogP contribution < -0.4 is 5.32 Å². The number of nitrogens with one attached hydrogen (secondary N) is 1. The number of hydrogen-bond acceptors (Lipinski definition) is 5. The lowest BCUT2D eigenvalue weighted by atomic mass is 9.84. The third-order valence-corrected chi connectivity index (χ3v) is 8.57. The van der Waals surface area contributed by atoms with Crippen molar-refractivity contribution >= 4 is 18.2 Å². The molecule has 0 bridgehead atoms. The van der Waals surface area contributed by atoms with Gasteiger partial charge in [0.05, 0.1) is 12.5 Å². The van der Waals surface area contributed by atoms with Crippen molar-refractivity contribution in [1.82, 2.24) is 20.2 Å². The van der Waals surface area contributed by atoms with E-state index in [1.165, 1.54) is 16.7 Å². The molecule has 4 rings (SSSR count). The molecule has 1 aliphatic carbocycles. The van der Waals surface area contributed by atoms with Gasteiger partial charge in [0, 0.05) is 32.7 Å². The summed E-state index contributed by atoms with van der Waals surface area (Å²) in [6, 6.07) is 18.2. The Morgan fingerprint density at radius 3 is 2.27 bits per heavy atom. The lowest BCUT2D eigenvalue weighted by Gasteiger charge is -2.40.